The van der Waals surface area contributed by atoms with E-state index in [1.165, 1.54) is 7.11 Å². The number of hydrogen-bond acceptors (Lipinski definition) is 6. The van der Waals surface area contributed by atoms with Gasteiger partial charge in [-0.3, -0.25) is 9.36 Å². The monoisotopic (exact) mass is 382 g/mol. The number of carbonyl (C=O) groups is 1. The molecule has 8 heteroatoms. The van der Waals surface area contributed by atoms with Crippen LogP contribution in [0.25, 0.3) is 5.69 Å². The highest BCUT2D eigenvalue weighted by Gasteiger charge is 2.12. The van der Waals surface area contributed by atoms with Gasteiger partial charge < -0.3 is 19.5 Å². The van der Waals surface area contributed by atoms with E-state index in [0.717, 1.165) is 17.7 Å². The number of aryl methyl sites for hydroxylation is 1. The molecule has 1 amide bonds. The highest BCUT2D eigenvalue weighted by molar-refractivity contribution is 5.93. The van der Waals surface area contributed by atoms with Crippen molar-refractivity contribution in [1.82, 2.24) is 14.8 Å². The summed E-state index contributed by atoms with van der Waals surface area (Å²) in [6, 6.07) is 11.0. The minimum Gasteiger partial charge on any atom is -0.497 e. The van der Waals surface area contributed by atoms with Crippen LogP contribution in [-0.4, -0.2) is 41.5 Å². The summed E-state index contributed by atoms with van der Waals surface area (Å²) in [4.78, 5) is 12.4. The Balaban J connectivity index is 1.72. The molecule has 1 aromatic heterocycles. The Labute approximate surface area is 163 Å². The number of ether oxygens (including phenoxy) is 3. The number of benzene rings is 2. The lowest BCUT2D eigenvalue weighted by molar-refractivity contribution is -0.118. The van der Waals surface area contributed by atoms with E-state index in [1.54, 1.807) is 42.5 Å². The third kappa shape index (κ3) is 4.40. The Kier molecular flexibility index (Phi) is 6.11. The van der Waals surface area contributed by atoms with Gasteiger partial charge in [0.25, 0.3) is 5.91 Å². The topological polar surface area (TPSA) is 87.5 Å². The summed E-state index contributed by atoms with van der Waals surface area (Å²) in [5.74, 6) is 1.40. The molecule has 0 saturated carbocycles. The number of rotatable bonds is 8. The van der Waals surface area contributed by atoms with E-state index in [-0.39, 0.29) is 12.5 Å². The molecule has 3 rings (SSSR count). The third-order valence-corrected chi connectivity index (χ3v) is 4.17. The smallest absolute Gasteiger partial charge is 0.262 e. The Bertz CT molecular complexity index is 941. The molecule has 0 unspecified atom stereocenters. The second kappa shape index (κ2) is 8.90. The van der Waals surface area contributed by atoms with Gasteiger partial charge in [-0.2, -0.15) is 0 Å². The van der Waals surface area contributed by atoms with Crippen LogP contribution in [-0.2, 0) is 11.2 Å². The fourth-order valence-corrected chi connectivity index (χ4v) is 2.66. The predicted molar refractivity (Wildman–Crippen MR) is 104 cm³/mol. The molecule has 146 valence electrons. The highest BCUT2D eigenvalue weighted by atomic mass is 16.5. The molecular weight excluding hydrogens is 360 g/mol. The summed E-state index contributed by atoms with van der Waals surface area (Å²) in [7, 11) is 3.10. The van der Waals surface area contributed by atoms with Gasteiger partial charge in [-0.25, -0.2) is 0 Å². The van der Waals surface area contributed by atoms with Crippen molar-refractivity contribution in [3.63, 3.8) is 0 Å². The maximum Gasteiger partial charge on any atom is 0.262 e. The quantitative estimate of drug-likeness (QED) is 0.645. The lowest BCUT2D eigenvalue weighted by Crippen LogP contribution is -2.21. The second-order valence-corrected chi connectivity index (χ2v) is 5.93. The molecule has 0 fully saturated rings. The minimum absolute atomic E-state index is 0.157. The molecule has 1 N–H and O–H groups in total. The molecule has 0 saturated heterocycles. The standard InChI is InChI=1S/C20H22N4O4/c1-4-14-5-8-18(17(9-14)24-12-21-22-13-24)28-11-20(25)23-16-7-6-15(26-2)10-19(16)27-3/h5-10,12-13H,4,11H2,1-3H3,(H,23,25). The first-order valence-electron chi connectivity index (χ1n) is 8.77. The number of nitrogens with zero attached hydrogens (tertiary/aromatic N) is 3. The van der Waals surface area contributed by atoms with E-state index in [9.17, 15) is 4.79 Å². The number of anilines is 1. The first-order chi connectivity index (χ1) is 13.6. The van der Waals surface area contributed by atoms with E-state index in [1.807, 2.05) is 18.2 Å². The lowest BCUT2D eigenvalue weighted by Gasteiger charge is -2.14. The molecular formula is C20H22N4O4. The van der Waals surface area contributed by atoms with Crippen molar-refractivity contribution in [2.24, 2.45) is 0 Å². The molecule has 0 radical (unpaired) electrons. The van der Waals surface area contributed by atoms with E-state index in [2.05, 4.69) is 22.4 Å². The van der Waals surface area contributed by atoms with E-state index >= 15 is 0 Å². The number of nitrogens with one attached hydrogen (secondary N) is 1. The Morgan fingerprint density at radius 1 is 1.04 bits per heavy atom. The van der Waals surface area contributed by atoms with Gasteiger partial charge in [-0.1, -0.05) is 13.0 Å². The number of aromatic nitrogens is 3. The zero-order chi connectivity index (χ0) is 19.9. The van der Waals surface area contributed by atoms with Crippen LogP contribution in [0.3, 0.4) is 0 Å². The fourth-order valence-electron chi connectivity index (χ4n) is 2.66. The van der Waals surface area contributed by atoms with Crippen LogP contribution in [0.4, 0.5) is 5.69 Å². The fraction of sp³-hybridized carbons (Fsp3) is 0.250. The number of hydrogen-bond donors (Lipinski definition) is 1. The van der Waals surface area contributed by atoms with E-state index in [0.29, 0.717) is 22.9 Å². The molecule has 0 spiro atoms. The Morgan fingerprint density at radius 2 is 1.82 bits per heavy atom. The molecule has 8 nitrogen and oxygen atoms in total. The van der Waals surface area contributed by atoms with Crippen molar-refractivity contribution in [2.45, 2.75) is 13.3 Å². The van der Waals surface area contributed by atoms with Crippen LogP contribution >= 0.6 is 0 Å². The highest BCUT2D eigenvalue weighted by Crippen LogP contribution is 2.29. The summed E-state index contributed by atoms with van der Waals surface area (Å²) in [5.41, 5.74) is 2.46. The van der Waals surface area contributed by atoms with Crippen molar-refractivity contribution in [2.75, 3.05) is 26.1 Å². The van der Waals surface area contributed by atoms with Gasteiger partial charge in [-0.05, 0) is 36.2 Å². The largest absolute Gasteiger partial charge is 0.497 e. The summed E-state index contributed by atoms with van der Waals surface area (Å²) in [6.07, 6.45) is 4.06. The molecule has 0 aliphatic rings. The summed E-state index contributed by atoms with van der Waals surface area (Å²) in [5, 5.41) is 10.5. The minimum atomic E-state index is -0.308. The molecule has 0 atom stereocenters. The lowest BCUT2D eigenvalue weighted by atomic mass is 10.1. The van der Waals surface area contributed by atoms with Crippen LogP contribution < -0.4 is 19.5 Å². The van der Waals surface area contributed by atoms with Crippen molar-refractivity contribution < 1.29 is 19.0 Å². The normalized spacial score (nSPS) is 10.4. The van der Waals surface area contributed by atoms with Gasteiger partial charge in [0.2, 0.25) is 0 Å². The van der Waals surface area contributed by atoms with Crippen LogP contribution in [0.2, 0.25) is 0 Å². The SMILES string of the molecule is CCc1ccc(OCC(=O)Nc2ccc(OC)cc2OC)c(-n2cnnc2)c1. The summed E-state index contributed by atoms with van der Waals surface area (Å²) >= 11 is 0. The van der Waals surface area contributed by atoms with Crippen LogP contribution in [0.15, 0.2) is 49.1 Å². The predicted octanol–water partition coefficient (Wildman–Crippen LogP) is 2.86. The van der Waals surface area contributed by atoms with Gasteiger partial charge in [0, 0.05) is 6.07 Å². The number of methoxy groups -OCH3 is 2. The second-order valence-electron chi connectivity index (χ2n) is 5.93. The van der Waals surface area contributed by atoms with Gasteiger partial charge in [-0.15, -0.1) is 10.2 Å². The van der Waals surface area contributed by atoms with Crippen molar-refractivity contribution in [3.8, 4) is 22.9 Å². The zero-order valence-electron chi connectivity index (χ0n) is 16.0. The maximum absolute atomic E-state index is 12.4. The Morgan fingerprint density at radius 3 is 2.50 bits per heavy atom. The molecule has 2 aromatic carbocycles. The molecule has 0 aliphatic carbocycles. The van der Waals surface area contributed by atoms with E-state index < -0.39 is 0 Å². The zero-order valence-corrected chi connectivity index (χ0v) is 16.0. The number of amides is 1. The average molecular weight is 382 g/mol. The maximum atomic E-state index is 12.4. The molecule has 0 aliphatic heterocycles. The van der Waals surface area contributed by atoms with Gasteiger partial charge in [0.1, 0.15) is 29.9 Å². The number of carbonyl (C=O) groups excluding carboxylic acids is 1. The van der Waals surface area contributed by atoms with Gasteiger partial charge in [0.15, 0.2) is 6.61 Å². The van der Waals surface area contributed by atoms with Crippen molar-refractivity contribution >= 4 is 11.6 Å². The first kappa shape index (κ1) is 19.2. The van der Waals surface area contributed by atoms with Crippen LogP contribution in [0.5, 0.6) is 17.2 Å². The molecule has 3 aromatic rings. The van der Waals surface area contributed by atoms with Crippen molar-refractivity contribution in [3.05, 3.63) is 54.6 Å². The molecule has 28 heavy (non-hydrogen) atoms. The summed E-state index contributed by atoms with van der Waals surface area (Å²) in [6.45, 7) is 1.91. The third-order valence-electron chi connectivity index (χ3n) is 4.17. The van der Waals surface area contributed by atoms with Crippen molar-refractivity contribution in [1.29, 1.82) is 0 Å². The Hall–Kier alpha value is -3.55. The first-order valence-corrected chi connectivity index (χ1v) is 8.77. The van der Waals surface area contributed by atoms with Gasteiger partial charge in [0.05, 0.1) is 25.6 Å². The molecule has 0 bridgehead atoms. The van der Waals surface area contributed by atoms with Gasteiger partial charge >= 0.3 is 0 Å². The van der Waals surface area contributed by atoms with E-state index in [4.69, 9.17) is 14.2 Å². The summed E-state index contributed by atoms with van der Waals surface area (Å²) < 4.78 is 18.0. The molecule has 1 heterocycles. The average Bonchev–Trinajstić information content (AvgIpc) is 3.27. The van der Waals surface area contributed by atoms with Crippen LogP contribution in [0.1, 0.15) is 12.5 Å². The van der Waals surface area contributed by atoms with Crippen LogP contribution in [0, 0.1) is 0 Å².